The molecule has 0 radical (unpaired) electrons. The third-order valence-corrected chi connectivity index (χ3v) is 5.79. The largest absolute Gasteiger partial charge is 0.354 e. The molecule has 3 aliphatic heterocycles. The van der Waals surface area contributed by atoms with Crippen molar-refractivity contribution in [2.75, 3.05) is 44.2 Å². The number of rotatable bonds is 2. The number of carbonyl (C=O) groups excluding carboxylic acids is 1. The van der Waals surface area contributed by atoms with Crippen LogP contribution in [0.15, 0.2) is 12.3 Å². The zero-order valence-corrected chi connectivity index (χ0v) is 15.0. The average molecular weight is 376 g/mol. The first-order chi connectivity index (χ1) is 13.0. The maximum absolute atomic E-state index is 13.4. The molecule has 144 valence electrons. The number of halogens is 2. The average Bonchev–Trinajstić information content (AvgIpc) is 3.12. The number of alkyl halides is 2. The lowest BCUT2D eigenvalue weighted by atomic mass is 9.97. The summed E-state index contributed by atoms with van der Waals surface area (Å²) < 4.78 is 28.7. The second kappa shape index (κ2) is 6.12. The highest BCUT2D eigenvalue weighted by atomic mass is 19.3. The van der Waals surface area contributed by atoms with Crippen molar-refractivity contribution in [1.29, 1.82) is 0 Å². The van der Waals surface area contributed by atoms with Gasteiger partial charge in [0.15, 0.2) is 5.65 Å². The predicted octanol–water partition coefficient (Wildman–Crippen LogP) is 0.721. The van der Waals surface area contributed by atoms with E-state index in [1.54, 1.807) is 6.20 Å². The lowest BCUT2D eigenvalue weighted by Gasteiger charge is -2.42. The standard InChI is InChI=1S/C18H22F2N6O/c19-18(20)4-8-24(11-18)17(27)12-9-25(10-12)16-13-1-5-21-6-2-14(13)23-15-3-7-22-26(15)16/h3,7,12,21H,1-2,4-6,8-11H2. The van der Waals surface area contributed by atoms with Crippen molar-refractivity contribution in [1.82, 2.24) is 24.8 Å². The fraction of sp³-hybridized carbons (Fsp3) is 0.611. The molecule has 0 spiro atoms. The highest BCUT2D eigenvalue weighted by Gasteiger charge is 2.45. The minimum absolute atomic E-state index is 0.151. The third kappa shape index (κ3) is 2.84. The molecule has 3 aliphatic rings. The number of hydrogen-bond acceptors (Lipinski definition) is 5. The molecule has 0 bridgehead atoms. The molecular weight excluding hydrogens is 354 g/mol. The van der Waals surface area contributed by atoms with Crippen LogP contribution in [0.3, 0.4) is 0 Å². The topological polar surface area (TPSA) is 65.8 Å². The van der Waals surface area contributed by atoms with Gasteiger partial charge in [0.05, 0.1) is 24.4 Å². The van der Waals surface area contributed by atoms with Gasteiger partial charge in [0.25, 0.3) is 5.92 Å². The molecule has 0 atom stereocenters. The van der Waals surface area contributed by atoms with Crippen LogP contribution in [0.4, 0.5) is 14.6 Å². The van der Waals surface area contributed by atoms with Crippen molar-refractivity contribution in [2.45, 2.75) is 25.2 Å². The van der Waals surface area contributed by atoms with E-state index in [1.807, 2.05) is 10.6 Å². The van der Waals surface area contributed by atoms with Gasteiger partial charge in [-0.25, -0.2) is 13.8 Å². The van der Waals surface area contributed by atoms with E-state index in [0.29, 0.717) is 13.1 Å². The Morgan fingerprint density at radius 3 is 2.85 bits per heavy atom. The first-order valence-corrected chi connectivity index (χ1v) is 9.50. The normalized spacial score (nSPS) is 22.6. The van der Waals surface area contributed by atoms with Crippen LogP contribution in [0, 0.1) is 5.92 Å². The van der Waals surface area contributed by atoms with Gasteiger partial charge < -0.3 is 15.1 Å². The van der Waals surface area contributed by atoms with Gasteiger partial charge in [0.2, 0.25) is 5.91 Å². The molecule has 9 heteroatoms. The van der Waals surface area contributed by atoms with Crippen molar-refractivity contribution in [2.24, 2.45) is 5.92 Å². The highest BCUT2D eigenvalue weighted by molar-refractivity contribution is 5.82. The molecule has 5 rings (SSSR count). The summed E-state index contributed by atoms with van der Waals surface area (Å²) in [6.45, 7) is 2.57. The van der Waals surface area contributed by atoms with Gasteiger partial charge in [-0.1, -0.05) is 0 Å². The molecule has 0 aliphatic carbocycles. The summed E-state index contributed by atoms with van der Waals surface area (Å²) in [7, 11) is 0. The summed E-state index contributed by atoms with van der Waals surface area (Å²) in [6.07, 6.45) is 3.23. The van der Waals surface area contributed by atoms with Crippen LogP contribution in [0.2, 0.25) is 0 Å². The number of hydrogen-bond donors (Lipinski definition) is 1. The summed E-state index contributed by atoms with van der Waals surface area (Å²) >= 11 is 0. The van der Waals surface area contributed by atoms with Crippen LogP contribution in [0.25, 0.3) is 5.65 Å². The first-order valence-electron chi connectivity index (χ1n) is 9.50. The summed E-state index contributed by atoms with van der Waals surface area (Å²) in [6, 6.07) is 1.89. The van der Waals surface area contributed by atoms with Crippen LogP contribution >= 0.6 is 0 Å². The van der Waals surface area contributed by atoms with Crippen molar-refractivity contribution < 1.29 is 13.6 Å². The van der Waals surface area contributed by atoms with Gasteiger partial charge in [0.1, 0.15) is 5.82 Å². The number of amides is 1. The predicted molar refractivity (Wildman–Crippen MR) is 95.1 cm³/mol. The van der Waals surface area contributed by atoms with Crippen molar-refractivity contribution in [3.63, 3.8) is 0 Å². The van der Waals surface area contributed by atoms with E-state index in [1.165, 1.54) is 10.5 Å². The second-order valence-corrected chi connectivity index (χ2v) is 7.68. The van der Waals surface area contributed by atoms with Gasteiger partial charge in [-0.3, -0.25) is 4.79 Å². The zero-order chi connectivity index (χ0) is 18.6. The number of carbonyl (C=O) groups is 1. The summed E-state index contributed by atoms with van der Waals surface area (Å²) in [5, 5.41) is 7.82. The Bertz CT molecular complexity index is 891. The van der Waals surface area contributed by atoms with E-state index in [4.69, 9.17) is 4.98 Å². The molecule has 2 saturated heterocycles. The van der Waals surface area contributed by atoms with Gasteiger partial charge in [-0.05, 0) is 13.0 Å². The molecular formula is C18H22F2N6O. The van der Waals surface area contributed by atoms with Gasteiger partial charge in [-0.15, -0.1) is 0 Å². The maximum atomic E-state index is 13.4. The lowest BCUT2D eigenvalue weighted by Crippen LogP contribution is -2.55. The minimum atomic E-state index is -2.74. The molecule has 2 aromatic rings. The van der Waals surface area contributed by atoms with Crippen molar-refractivity contribution in [3.05, 3.63) is 23.5 Å². The van der Waals surface area contributed by atoms with Crippen molar-refractivity contribution >= 4 is 17.4 Å². The minimum Gasteiger partial charge on any atom is -0.354 e. The number of nitrogens with one attached hydrogen (secondary N) is 1. The first kappa shape index (κ1) is 16.9. The number of fused-ring (bicyclic) bond motifs is 2. The second-order valence-electron chi connectivity index (χ2n) is 7.68. The Kier molecular flexibility index (Phi) is 3.82. The number of nitrogens with zero attached hydrogens (tertiary/aromatic N) is 5. The van der Waals surface area contributed by atoms with Gasteiger partial charge in [-0.2, -0.15) is 9.61 Å². The zero-order valence-electron chi connectivity index (χ0n) is 15.0. The van der Waals surface area contributed by atoms with Crippen LogP contribution in [-0.2, 0) is 17.6 Å². The molecule has 0 saturated carbocycles. The smallest absolute Gasteiger partial charge is 0.267 e. The molecule has 0 unspecified atom stereocenters. The SMILES string of the molecule is O=C(C1CN(c2c3c(nc4ccnn24)CCNCC3)C1)N1CCC(F)(F)C1. The van der Waals surface area contributed by atoms with Gasteiger partial charge >= 0.3 is 0 Å². The highest BCUT2D eigenvalue weighted by Crippen LogP contribution is 2.34. The number of anilines is 1. The van der Waals surface area contributed by atoms with E-state index in [9.17, 15) is 13.6 Å². The summed E-state index contributed by atoms with van der Waals surface area (Å²) in [5.41, 5.74) is 3.06. The van der Waals surface area contributed by atoms with E-state index in [0.717, 1.165) is 43.1 Å². The Labute approximate surface area is 155 Å². The van der Waals surface area contributed by atoms with Crippen LogP contribution in [0.1, 0.15) is 17.7 Å². The molecule has 27 heavy (non-hydrogen) atoms. The fourth-order valence-corrected chi connectivity index (χ4v) is 4.33. The maximum Gasteiger partial charge on any atom is 0.267 e. The van der Waals surface area contributed by atoms with E-state index >= 15 is 0 Å². The molecule has 2 aromatic heterocycles. The van der Waals surface area contributed by atoms with Crippen molar-refractivity contribution in [3.8, 4) is 0 Å². The lowest BCUT2D eigenvalue weighted by molar-refractivity contribution is -0.136. The monoisotopic (exact) mass is 376 g/mol. The Morgan fingerprint density at radius 1 is 1.26 bits per heavy atom. The Balaban J connectivity index is 1.39. The van der Waals surface area contributed by atoms with Crippen LogP contribution < -0.4 is 10.2 Å². The molecule has 0 aromatic carbocycles. The molecule has 1 amide bonds. The van der Waals surface area contributed by atoms with Crippen LogP contribution in [-0.4, -0.2) is 70.6 Å². The number of aromatic nitrogens is 3. The van der Waals surface area contributed by atoms with E-state index < -0.39 is 12.5 Å². The summed E-state index contributed by atoms with van der Waals surface area (Å²) in [5.74, 6) is -2.12. The van der Waals surface area contributed by atoms with E-state index in [2.05, 4.69) is 15.3 Å². The summed E-state index contributed by atoms with van der Waals surface area (Å²) in [4.78, 5) is 20.8. The molecule has 5 heterocycles. The number of likely N-dealkylation sites (tertiary alicyclic amines) is 1. The molecule has 1 N–H and O–H groups in total. The Hall–Kier alpha value is -2.29. The Morgan fingerprint density at radius 2 is 2.07 bits per heavy atom. The van der Waals surface area contributed by atoms with Gasteiger partial charge in [0, 0.05) is 50.7 Å². The van der Waals surface area contributed by atoms with E-state index in [-0.39, 0.29) is 24.8 Å². The third-order valence-electron chi connectivity index (χ3n) is 5.79. The quantitative estimate of drug-likeness (QED) is 0.837. The molecule has 7 nitrogen and oxygen atoms in total. The fourth-order valence-electron chi connectivity index (χ4n) is 4.33. The molecule has 2 fully saturated rings. The van der Waals surface area contributed by atoms with Crippen LogP contribution in [0.5, 0.6) is 0 Å².